The molecule has 0 radical (unpaired) electrons. The van der Waals surface area contributed by atoms with Crippen LogP contribution in [0.25, 0.3) is 0 Å². The largest absolute Gasteiger partial charge is 0.493 e. The third kappa shape index (κ3) is 5.23. The Hall–Kier alpha value is -2.33. The Morgan fingerprint density at radius 1 is 0.967 bits per heavy atom. The van der Waals surface area contributed by atoms with E-state index in [1.54, 1.807) is 14.2 Å². The van der Waals surface area contributed by atoms with Crippen molar-refractivity contribution in [3.05, 3.63) is 58.7 Å². The van der Waals surface area contributed by atoms with Crippen molar-refractivity contribution < 1.29 is 19.0 Å². The maximum absolute atomic E-state index is 8.00. The molecule has 4 heteroatoms. The van der Waals surface area contributed by atoms with Crippen molar-refractivity contribution in [3.63, 3.8) is 0 Å². The Bertz CT molecular complexity index is 833. The SMILES string of the molecule is C=O.COc1ccc(Cc2cc([C@H]3C[C@@H](C)C[C@@H](C)O3)ccc2C2CC2)cc1OC. The molecule has 2 aromatic rings. The Labute approximate surface area is 180 Å². The van der Waals surface area contributed by atoms with Crippen LogP contribution in [0.3, 0.4) is 0 Å². The summed E-state index contributed by atoms with van der Waals surface area (Å²) in [6, 6.07) is 13.3. The van der Waals surface area contributed by atoms with Gasteiger partial charge in [-0.3, -0.25) is 0 Å². The van der Waals surface area contributed by atoms with E-state index in [0.29, 0.717) is 12.0 Å². The van der Waals surface area contributed by atoms with Crippen LogP contribution in [0.5, 0.6) is 11.5 Å². The molecule has 2 fully saturated rings. The van der Waals surface area contributed by atoms with Gasteiger partial charge in [0.05, 0.1) is 26.4 Å². The third-order valence-corrected chi connectivity index (χ3v) is 6.15. The Balaban J connectivity index is 0.00000124. The Morgan fingerprint density at radius 2 is 1.70 bits per heavy atom. The molecule has 1 heterocycles. The molecule has 0 spiro atoms. The summed E-state index contributed by atoms with van der Waals surface area (Å²) in [5, 5.41) is 0. The second-order valence-electron chi connectivity index (χ2n) is 8.61. The molecular weight excluding hydrogens is 376 g/mol. The molecule has 4 nitrogen and oxygen atoms in total. The first-order valence-corrected chi connectivity index (χ1v) is 10.8. The quantitative estimate of drug-likeness (QED) is 0.598. The molecule has 30 heavy (non-hydrogen) atoms. The van der Waals surface area contributed by atoms with Gasteiger partial charge in [0.2, 0.25) is 0 Å². The first-order chi connectivity index (χ1) is 14.6. The van der Waals surface area contributed by atoms with E-state index < -0.39 is 0 Å². The number of rotatable bonds is 6. The van der Waals surface area contributed by atoms with E-state index in [2.05, 4.69) is 44.2 Å². The van der Waals surface area contributed by atoms with Crippen LogP contribution in [0, 0.1) is 5.92 Å². The lowest BCUT2D eigenvalue weighted by molar-refractivity contribution is -0.0980. The van der Waals surface area contributed by atoms with Crippen LogP contribution in [-0.4, -0.2) is 27.1 Å². The first-order valence-electron chi connectivity index (χ1n) is 10.8. The minimum atomic E-state index is 0.219. The fourth-order valence-electron chi connectivity index (χ4n) is 4.62. The van der Waals surface area contributed by atoms with Gasteiger partial charge in [0, 0.05) is 0 Å². The molecule has 0 unspecified atom stereocenters. The third-order valence-electron chi connectivity index (χ3n) is 6.15. The molecule has 3 atom stereocenters. The van der Waals surface area contributed by atoms with E-state index in [4.69, 9.17) is 19.0 Å². The Morgan fingerprint density at radius 3 is 2.33 bits per heavy atom. The first kappa shape index (κ1) is 22.4. The van der Waals surface area contributed by atoms with Crippen molar-refractivity contribution in [2.45, 2.75) is 64.1 Å². The molecule has 2 aromatic carbocycles. The summed E-state index contributed by atoms with van der Waals surface area (Å²) in [5.41, 5.74) is 5.53. The minimum absolute atomic E-state index is 0.219. The summed E-state index contributed by atoms with van der Waals surface area (Å²) in [6.07, 6.45) is 6.37. The van der Waals surface area contributed by atoms with Crippen molar-refractivity contribution in [3.8, 4) is 11.5 Å². The predicted octanol–water partition coefficient (Wildman–Crippen LogP) is 5.86. The fourth-order valence-corrected chi connectivity index (χ4v) is 4.62. The number of hydrogen-bond donors (Lipinski definition) is 0. The molecule has 0 amide bonds. The number of benzene rings is 2. The predicted molar refractivity (Wildman–Crippen MR) is 120 cm³/mol. The van der Waals surface area contributed by atoms with Gasteiger partial charge in [-0.25, -0.2) is 0 Å². The topological polar surface area (TPSA) is 44.8 Å². The van der Waals surface area contributed by atoms with Crippen LogP contribution in [0.4, 0.5) is 0 Å². The van der Waals surface area contributed by atoms with E-state index >= 15 is 0 Å². The number of hydrogen-bond acceptors (Lipinski definition) is 4. The van der Waals surface area contributed by atoms with Gasteiger partial charge < -0.3 is 19.0 Å². The van der Waals surface area contributed by atoms with Crippen LogP contribution < -0.4 is 9.47 Å². The highest BCUT2D eigenvalue weighted by atomic mass is 16.5. The van der Waals surface area contributed by atoms with Gasteiger partial charge in [0.15, 0.2) is 11.5 Å². The van der Waals surface area contributed by atoms with Crippen LogP contribution in [0.1, 0.15) is 73.8 Å². The van der Waals surface area contributed by atoms with Crippen molar-refractivity contribution in [1.82, 2.24) is 0 Å². The zero-order valence-electron chi connectivity index (χ0n) is 18.6. The van der Waals surface area contributed by atoms with E-state index in [0.717, 1.165) is 36.7 Å². The zero-order chi connectivity index (χ0) is 21.7. The molecule has 2 aliphatic rings. The number of ether oxygens (including phenoxy) is 3. The van der Waals surface area contributed by atoms with Crippen LogP contribution in [0.2, 0.25) is 0 Å². The van der Waals surface area contributed by atoms with E-state index in [1.807, 2.05) is 12.9 Å². The Kier molecular flexibility index (Phi) is 7.54. The van der Waals surface area contributed by atoms with Gasteiger partial charge in [0.1, 0.15) is 6.79 Å². The van der Waals surface area contributed by atoms with Gasteiger partial charge in [-0.05, 0) is 85.3 Å². The summed E-state index contributed by atoms with van der Waals surface area (Å²) in [4.78, 5) is 8.00. The highest BCUT2D eigenvalue weighted by Crippen LogP contribution is 2.44. The van der Waals surface area contributed by atoms with Crippen LogP contribution in [0.15, 0.2) is 36.4 Å². The molecule has 1 saturated carbocycles. The lowest BCUT2D eigenvalue weighted by Crippen LogP contribution is -2.24. The average molecular weight is 411 g/mol. The average Bonchev–Trinajstić information content (AvgIpc) is 3.59. The molecule has 0 aromatic heterocycles. The van der Waals surface area contributed by atoms with Gasteiger partial charge >= 0.3 is 0 Å². The summed E-state index contributed by atoms with van der Waals surface area (Å²) in [5.74, 6) is 3.02. The molecule has 0 bridgehead atoms. The number of carbonyl (C=O) groups is 1. The van der Waals surface area contributed by atoms with Crippen LogP contribution in [-0.2, 0) is 16.0 Å². The highest BCUT2D eigenvalue weighted by molar-refractivity contribution is 5.46. The molecule has 1 aliphatic heterocycles. The van der Waals surface area contributed by atoms with E-state index in [-0.39, 0.29) is 6.10 Å². The lowest BCUT2D eigenvalue weighted by Gasteiger charge is -2.33. The maximum Gasteiger partial charge on any atom is 0.160 e. The van der Waals surface area contributed by atoms with Crippen molar-refractivity contribution in [2.75, 3.05) is 14.2 Å². The smallest absolute Gasteiger partial charge is 0.160 e. The van der Waals surface area contributed by atoms with Crippen molar-refractivity contribution in [2.24, 2.45) is 5.92 Å². The maximum atomic E-state index is 8.00. The standard InChI is InChI=1S/C25H32O3.CH2O/c1-16-11-17(2)28-24(12-16)20-8-9-22(19-6-7-19)21(15-20)13-18-5-10-23(26-3)25(14-18)27-4;1-2/h5,8-10,14-17,19,24H,6-7,11-13H2,1-4H3;1H2/t16-,17+,24+;/m0./s1. The zero-order valence-corrected chi connectivity index (χ0v) is 18.6. The molecule has 4 rings (SSSR count). The monoisotopic (exact) mass is 410 g/mol. The molecule has 0 N–H and O–H groups in total. The van der Waals surface area contributed by atoms with Gasteiger partial charge in [0.25, 0.3) is 0 Å². The fraction of sp³-hybridized carbons (Fsp3) is 0.500. The number of carbonyl (C=O) groups excluding carboxylic acids is 1. The molecule has 162 valence electrons. The van der Waals surface area contributed by atoms with Gasteiger partial charge in [-0.15, -0.1) is 0 Å². The minimum Gasteiger partial charge on any atom is -0.493 e. The molecule has 1 saturated heterocycles. The summed E-state index contributed by atoms with van der Waals surface area (Å²) in [6.45, 7) is 6.54. The van der Waals surface area contributed by atoms with Gasteiger partial charge in [-0.1, -0.05) is 31.2 Å². The summed E-state index contributed by atoms with van der Waals surface area (Å²) < 4.78 is 17.2. The number of methoxy groups -OCH3 is 2. The second kappa shape index (κ2) is 10.1. The van der Waals surface area contributed by atoms with Gasteiger partial charge in [-0.2, -0.15) is 0 Å². The highest BCUT2D eigenvalue weighted by Gasteiger charge is 2.29. The molecular formula is C26H34O4. The summed E-state index contributed by atoms with van der Waals surface area (Å²) >= 11 is 0. The van der Waals surface area contributed by atoms with Crippen molar-refractivity contribution in [1.29, 1.82) is 0 Å². The van der Waals surface area contributed by atoms with Crippen LogP contribution >= 0.6 is 0 Å². The normalized spacial score (nSPS) is 23.3. The van der Waals surface area contributed by atoms with E-state index in [1.165, 1.54) is 35.1 Å². The second-order valence-corrected chi connectivity index (χ2v) is 8.61. The summed E-state index contributed by atoms with van der Waals surface area (Å²) in [7, 11) is 3.37. The van der Waals surface area contributed by atoms with E-state index in [9.17, 15) is 0 Å². The lowest BCUT2D eigenvalue weighted by atomic mass is 9.88. The van der Waals surface area contributed by atoms with Crippen molar-refractivity contribution >= 4 is 6.79 Å². The molecule has 1 aliphatic carbocycles.